The average molecular weight is 212 g/mol. The van der Waals surface area contributed by atoms with Gasteiger partial charge in [-0.2, -0.15) is 0 Å². The van der Waals surface area contributed by atoms with Crippen molar-refractivity contribution in [3.63, 3.8) is 0 Å². The number of rotatable bonds is 4. The van der Waals surface area contributed by atoms with Crippen molar-refractivity contribution < 1.29 is 14.6 Å². The Labute approximate surface area is 91.1 Å². The van der Waals surface area contributed by atoms with Crippen LogP contribution in [0.2, 0.25) is 0 Å². The predicted molar refractivity (Wildman–Crippen MR) is 58.4 cm³/mol. The van der Waals surface area contributed by atoms with Crippen LogP contribution in [0.25, 0.3) is 0 Å². The Morgan fingerprint density at radius 2 is 2.00 bits per heavy atom. The van der Waals surface area contributed by atoms with Crippen molar-refractivity contribution in [3.05, 3.63) is 12.2 Å². The van der Waals surface area contributed by atoms with E-state index in [1.165, 1.54) is 6.42 Å². The molecule has 0 bridgehead atoms. The minimum atomic E-state index is -0.428. The van der Waals surface area contributed by atoms with Crippen LogP contribution in [-0.2, 0) is 9.53 Å². The van der Waals surface area contributed by atoms with Gasteiger partial charge in [0.2, 0.25) is 0 Å². The highest BCUT2D eigenvalue weighted by Gasteiger charge is 2.35. The molecule has 0 amide bonds. The lowest BCUT2D eigenvalue weighted by atomic mass is 9.82. The van der Waals surface area contributed by atoms with Gasteiger partial charge in [0, 0.05) is 18.6 Å². The van der Waals surface area contributed by atoms with Crippen molar-refractivity contribution in [2.75, 3.05) is 6.61 Å². The zero-order chi connectivity index (χ0) is 11.3. The van der Waals surface area contributed by atoms with Crippen LogP contribution in [0.1, 0.15) is 45.4 Å². The number of aliphatic hydroxyl groups excluding tert-OH is 1. The predicted octanol–water partition coefficient (Wildman–Crippen LogP) is 2.19. The van der Waals surface area contributed by atoms with Gasteiger partial charge in [-0.25, -0.2) is 4.79 Å². The molecule has 0 unspecified atom stereocenters. The Kier molecular flexibility index (Phi) is 4.33. The summed E-state index contributed by atoms with van der Waals surface area (Å²) in [5.74, 6) is -0.328. The normalized spacial score (nSPS) is 19.6. The van der Waals surface area contributed by atoms with Crippen molar-refractivity contribution in [1.82, 2.24) is 0 Å². The van der Waals surface area contributed by atoms with Gasteiger partial charge in [-0.3, -0.25) is 0 Å². The van der Waals surface area contributed by atoms with Gasteiger partial charge in [-0.05, 0) is 32.6 Å². The smallest absolute Gasteiger partial charge is 0.333 e. The van der Waals surface area contributed by atoms with Gasteiger partial charge in [0.25, 0.3) is 0 Å². The molecule has 15 heavy (non-hydrogen) atoms. The molecule has 1 aliphatic carbocycles. The van der Waals surface area contributed by atoms with Crippen LogP contribution in [0.3, 0.4) is 0 Å². The van der Waals surface area contributed by atoms with Crippen molar-refractivity contribution in [2.24, 2.45) is 0 Å². The second-order valence-corrected chi connectivity index (χ2v) is 4.39. The van der Waals surface area contributed by atoms with E-state index < -0.39 is 5.60 Å². The number of ether oxygens (including phenoxy) is 1. The minimum absolute atomic E-state index is 0.0729. The number of carbonyl (C=O) groups is 1. The molecule has 3 nitrogen and oxygen atoms in total. The van der Waals surface area contributed by atoms with E-state index in [4.69, 9.17) is 9.84 Å². The maximum atomic E-state index is 11.5. The van der Waals surface area contributed by atoms with Crippen LogP contribution in [0, 0.1) is 0 Å². The lowest BCUT2D eigenvalue weighted by molar-refractivity contribution is -0.160. The molecular weight excluding hydrogens is 192 g/mol. The summed E-state index contributed by atoms with van der Waals surface area (Å²) in [4.78, 5) is 11.5. The summed E-state index contributed by atoms with van der Waals surface area (Å²) in [6.07, 6.45) is 5.62. The Morgan fingerprint density at radius 1 is 1.40 bits per heavy atom. The summed E-state index contributed by atoms with van der Waals surface area (Å²) in [5.41, 5.74) is 0.00105. The van der Waals surface area contributed by atoms with Gasteiger partial charge < -0.3 is 9.84 Å². The van der Waals surface area contributed by atoms with Crippen molar-refractivity contribution in [1.29, 1.82) is 0 Å². The second kappa shape index (κ2) is 5.31. The molecule has 1 rings (SSSR count). The van der Waals surface area contributed by atoms with Gasteiger partial charge in [0.05, 0.1) is 0 Å². The Balaban J connectivity index is 2.63. The molecule has 1 fully saturated rings. The Morgan fingerprint density at radius 3 is 2.47 bits per heavy atom. The molecule has 0 spiro atoms. The molecule has 1 saturated carbocycles. The van der Waals surface area contributed by atoms with Crippen LogP contribution >= 0.6 is 0 Å². The third-order valence-electron chi connectivity index (χ3n) is 2.99. The highest BCUT2D eigenvalue weighted by molar-refractivity contribution is 5.87. The molecule has 86 valence electrons. The maximum absolute atomic E-state index is 11.5. The van der Waals surface area contributed by atoms with Crippen LogP contribution in [0.4, 0.5) is 0 Å². The van der Waals surface area contributed by atoms with Crippen LogP contribution in [0.15, 0.2) is 12.2 Å². The molecule has 0 heterocycles. The van der Waals surface area contributed by atoms with Crippen molar-refractivity contribution in [3.8, 4) is 0 Å². The zero-order valence-corrected chi connectivity index (χ0v) is 9.42. The molecule has 1 aliphatic rings. The summed E-state index contributed by atoms with van der Waals surface area (Å²) in [7, 11) is 0. The summed E-state index contributed by atoms with van der Waals surface area (Å²) >= 11 is 0. The number of hydrogen-bond donors (Lipinski definition) is 1. The quantitative estimate of drug-likeness (QED) is 0.574. The number of aliphatic hydroxyl groups is 1. The number of esters is 1. The average Bonchev–Trinajstić information content (AvgIpc) is 2.19. The topological polar surface area (TPSA) is 46.5 Å². The second-order valence-electron chi connectivity index (χ2n) is 4.39. The van der Waals surface area contributed by atoms with E-state index in [1.807, 2.05) is 0 Å². The van der Waals surface area contributed by atoms with Gasteiger partial charge in [0.1, 0.15) is 5.60 Å². The van der Waals surface area contributed by atoms with Crippen LogP contribution in [-0.4, -0.2) is 23.3 Å². The number of hydrogen-bond acceptors (Lipinski definition) is 3. The SMILES string of the molecule is C=C(C)C(=O)OC1(CCO)CCCCC1. The number of carbonyl (C=O) groups excluding carboxylic acids is 1. The molecule has 0 saturated heterocycles. The maximum Gasteiger partial charge on any atom is 0.333 e. The Bertz CT molecular complexity index is 234. The van der Waals surface area contributed by atoms with Gasteiger partial charge in [0.15, 0.2) is 0 Å². The largest absolute Gasteiger partial charge is 0.456 e. The monoisotopic (exact) mass is 212 g/mol. The molecule has 0 aromatic heterocycles. The molecule has 0 aromatic rings. The fourth-order valence-electron chi connectivity index (χ4n) is 2.09. The summed E-state index contributed by atoms with van der Waals surface area (Å²) in [6.45, 7) is 5.30. The summed E-state index contributed by atoms with van der Waals surface area (Å²) in [5, 5.41) is 9.02. The summed E-state index contributed by atoms with van der Waals surface area (Å²) in [6, 6.07) is 0. The van der Waals surface area contributed by atoms with Crippen molar-refractivity contribution >= 4 is 5.97 Å². The van der Waals surface area contributed by atoms with E-state index in [9.17, 15) is 4.79 Å². The van der Waals surface area contributed by atoms with E-state index in [-0.39, 0.29) is 12.6 Å². The minimum Gasteiger partial charge on any atom is -0.456 e. The van der Waals surface area contributed by atoms with Gasteiger partial charge in [-0.1, -0.05) is 13.0 Å². The lowest BCUT2D eigenvalue weighted by Crippen LogP contribution is -2.38. The molecule has 0 aromatic carbocycles. The summed E-state index contributed by atoms with van der Waals surface area (Å²) < 4.78 is 5.48. The molecule has 0 radical (unpaired) electrons. The fourth-order valence-corrected chi connectivity index (χ4v) is 2.09. The lowest BCUT2D eigenvalue weighted by Gasteiger charge is -2.36. The first-order valence-electron chi connectivity index (χ1n) is 5.59. The van der Waals surface area contributed by atoms with Crippen LogP contribution < -0.4 is 0 Å². The van der Waals surface area contributed by atoms with E-state index in [1.54, 1.807) is 6.92 Å². The first kappa shape index (κ1) is 12.2. The van der Waals surface area contributed by atoms with Crippen LogP contribution in [0.5, 0.6) is 0 Å². The van der Waals surface area contributed by atoms with E-state index in [2.05, 4.69) is 6.58 Å². The van der Waals surface area contributed by atoms with E-state index >= 15 is 0 Å². The Hall–Kier alpha value is -0.830. The van der Waals surface area contributed by atoms with Gasteiger partial charge >= 0.3 is 5.97 Å². The first-order chi connectivity index (χ1) is 7.09. The standard InChI is InChI=1S/C12H20O3/c1-10(2)11(14)15-12(8-9-13)6-4-3-5-7-12/h13H,1,3-9H2,2H3. The molecule has 0 atom stereocenters. The zero-order valence-electron chi connectivity index (χ0n) is 9.42. The third kappa shape index (κ3) is 3.34. The molecule has 0 aliphatic heterocycles. The molecular formula is C12H20O3. The highest BCUT2D eigenvalue weighted by atomic mass is 16.6. The van der Waals surface area contributed by atoms with Gasteiger partial charge in [-0.15, -0.1) is 0 Å². The molecule has 3 heteroatoms. The van der Waals surface area contributed by atoms with Crippen molar-refractivity contribution in [2.45, 2.75) is 51.0 Å². The molecule has 1 N–H and O–H groups in total. The van der Waals surface area contributed by atoms with E-state index in [0.29, 0.717) is 12.0 Å². The fraction of sp³-hybridized carbons (Fsp3) is 0.750. The first-order valence-corrected chi connectivity index (χ1v) is 5.59. The third-order valence-corrected chi connectivity index (χ3v) is 2.99. The highest BCUT2D eigenvalue weighted by Crippen LogP contribution is 2.34. The van der Waals surface area contributed by atoms with E-state index in [0.717, 1.165) is 25.7 Å².